The van der Waals surface area contributed by atoms with E-state index in [0.29, 0.717) is 6.54 Å². The summed E-state index contributed by atoms with van der Waals surface area (Å²) in [7, 11) is 0. The highest BCUT2D eigenvalue weighted by Crippen LogP contribution is 1.94. The zero-order valence-corrected chi connectivity index (χ0v) is 7.07. The molecular formula is C7H11ClN2O. The molecule has 1 aromatic heterocycles. The molecule has 0 spiro atoms. The van der Waals surface area contributed by atoms with Gasteiger partial charge in [0.25, 0.3) is 0 Å². The molecule has 0 amide bonds. The molecule has 3 nitrogen and oxygen atoms in total. The fraction of sp³-hybridized carbons (Fsp3) is 0.286. The monoisotopic (exact) mass is 174 g/mol. The van der Waals surface area contributed by atoms with Crippen LogP contribution in [-0.2, 0) is 6.54 Å². The largest absolute Gasteiger partial charge is 0.326 e. The van der Waals surface area contributed by atoms with E-state index in [-0.39, 0.29) is 18.0 Å². The number of rotatable bonds is 1. The lowest BCUT2D eigenvalue weighted by Gasteiger charge is -1.95. The zero-order chi connectivity index (χ0) is 7.56. The summed E-state index contributed by atoms with van der Waals surface area (Å²) in [5.41, 5.74) is 6.98. The molecule has 1 heterocycles. The summed E-state index contributed by atoms with van der Waals surface area (Å²) in [6.07, 6.45) is 0. The molecule has 0 aliphatic heterocycles. The van der Waals surface area contributed by atoms with Gasteiger partial charge in [-0.2, -0.15) is 0 Å². The highest BCUT2D eigenvalue weighted by atomic mass is 35.5. The summed E-state index contributed by atoms with van der Waals surface area (Å²) in [4.78, 5) is 13.4. The minimum Gasteiger partial charge on any atom is -0.326 e. The first-order valence-electron chi connectivity index (χ1n) is 3.12. The van der Waals surface area contributed by atoms with E-state index in [2.05, 4.69) is 4.98 Å². The lowest BCUT2D eigenvalue weighted by molar-refractivity contribution is 1.02. The second-order valence-corrected chi connectivity index (χ2v) is 2.24. The van der Waals surface area contributed by atoms with Gasteiger partial charge in [0.2, 0.25) is 5.56 Å². The quantitative estimate of drug-likeness (QED) is 0.654. The minimum absolute atomic E-state index is 0. The molecular weight excluding hydrogens is 164 g/mol. The van der Waals surface area contributed by atoms with Crippen LogP contribution in [0.15, 0.2) is 16.9 Å². The van der Waals surface area contributed by atoms with Crippen LogP contribution in [0.1, 0.15) is 11.3 Å². The highest BCUT2D eigenvalue weighted by molar-refractivity contribution is 5.85. The van der Waals surface area contributed by atoms with Gasteiger partial charge in [-0.05, 0) is 18.6 Å². The van der Waals surface area contributed by atoms with E-state index in [9.17, 15) is 4.79 Å². The van der Waals surface area contributed by atoms with Crippen molar-refractivity contribution in [3.8, 4) is 0 Å². The van der Waals surface area contributed by atoms with Gasteiger partial charge in [-0.15, -0.1) is 12.4 Å². The van der Waals surface area contributed by atoms with Gasteiger partial charge in [-0.3, -0.25) is 4.79 Å². The van der Waals surface area contributed by atoms with Crippen LogP contribution in [-0.4, -0.2) is 4.98 Å². The van der Waals surface area contributed by atoms with Crippen molar-refractivity contribution in [1.29, 1.82) is 0 Å². The molecule has 0 atom stereocenters. The number of pyridine rings is 1. The second-order valence-electron chi connectivity index (χ2n) is 2.24. The zero-order valence-electron chi connectivity index (χ0n) is 6.26. The molecule has 62 valence electrons. The Morgan fingerprint density at radius 3 is 2.64 bits per heavy atom. The number of aromatic nitrogens is 1. The number of hydrogen-bond acceptors (Lipinski definition) is 2. The van der Waals surface area contributed by atoms with E-state index >= 15 is 0 Å². The maximum absolute atomic E-state index is 10.8. The maximum atomic E-state index is 10.8. The average Bonchev–Trinajstić information content (AvgIpc) is 1.85. The molecule has 0 aliphatic carbocycles. The third-order valence-corrected chi connectivity index (χ3v) is 1.27. The van der Waals surface area contributed by atoms with Crippen molar-refractivity contribution in [1.82, 2.24) is 4.98 Å². The Bertz CT molecular complexity index is 282. The van der Waals surface area contributed by atoms with E-state index in [1.165, 1.54) is 6.07 Å². The van der Waals surface area contributed by atoms with Crippen LogP contribution in [0, 0.1) is 6.92 Å². The first-order valence-corrected chi connectivity index (χ1v) is 3.12. The molecule has 0 aromatic carbocycles. The van der Waals surface area contributed by atoms with Crippen molar-refractivity contribution >= 4 is 12.4 Å². The van der Waals surface area contributed by atoms with E-state index in [0.717, 1.165) is 11.3 Å². The third-order valence-electron chi connectivity index (χ3n) is 1.27. The summed E-state index contributed by atoms with van der Waals surface area (Å²) in [5.74, 6) is 0. The Morgan fingerprint density at radius 2 is 2.18 bits per heavy atom. The predicted octanol–water partition coefficient (Wildman–Crippen LogP) is 0.564. The van der Waals surface area contributed by atoms with E-state index < -0.39 is 0 Å². The molecule has 1 aromatic rings. The summed E-state index contributed by atoms with van der Waals surface area (Å²) in [6, 6.07) is 3.37. The van der Waals surface area contributed by atoms with E-state index in [1.807, 2.05) is 13.0 Å². The average molecular weight is 175 g/mol. The van der Waals surface area contributed by atoms with Gasteiger partial charge in [-0.25, -0.2) is 0 Å². The van der Waals surface area contributed by atoms with Crippen molar-refractivity contribution in [3.05, 3.63) is 33.7 Å². The standard InChI is InChI=1S/C7H10N2O.ClH/c1-5-2-6(4-8)3-7(10)9-5;/h2-3H,4,8H2,1H3,(H,9,10);1H. The summed E-state index contributed by atoms with van der Waals surface area (Å²) in [6.45, 7) is 2.26. The van der Waals surface area contributed by atoms with E-state index in [1.54, 1.807) is 0 Å². The van der Waals surface area contributed by atoms with E-state index in [4.69, 9.17) is 5.73 Å². The number of nitrogens with one attached hydrogen (secondary N) is 1. The lowest BCUT2D eigenvalue weighted by atomic mass is 10.2. The van der Waals surface area contributed by atoms with Crippen molar-refractivity contribution in [2.24, 2.45) is 5.73 Å². The van der Waals surface area contributed by atoms with Crippen LogP contribution in [0.2, 0.25) is 0 Å². The summed E-state index contributed by atoms with van der Waals surface area (Å²) >= 11 is 0. The van der Waals surface area contributed by atoms with Gasteiger partial charge < -0.3 is 10.7 Å². The van der Waals surface area contributed by atoms with Crippen LogP contribution in [0.3, 0.4) is 0 Å². The molecule has 0 unspecified atom stereocenters. The van der Waals surface area contributed by atoms with Gasteiger partial charge in [0.15, 0.2) is 0 Å². The molecule has 11 heavy (non-hydrogen) atoms. The smallest absolute Gasteiger partial charge is 0.248 e. The molecule has 0 bridgehead atoms. The molecule has 3 N–H and O–H groups in total. The number of H-pyrrole nitrogens is 1. The minimum atomic E-state index is -0.0829. The maximum Gasteiger partial charge on any atom is 0.248 e. The lowest BCUT2D eigenvalue weighted by Crippen LogP contribution is -2.09. The fourth-order valence-corrected chi connectivity index (χ4v) is 0.872. The summed E-state index contributed by atoms with van der Waals surface area (Å²) in [5, 5.41) is 0. The van der Waals surface area contributed by atoms with Crippen LogP contribution >= 0.6 is 12.4 Å². The van der Waals surface area contributed by atoms with Gasteiger partial charge in [0.05, 0.1) is 0 Å². The van der Waals surface area contributed by atoms with Crippen LogP contribution < -0.4 is 11.3 Å². The highest BCUT2D eigenvalue weighted by Gasteiger charge is 1.91. The first kappa shape index (κ1) is 10.2. The molecule has 1 rings (SSSR count). The summed E-state index contributed by atoms with van der Waals surface area (Å²) < 4.78 is 0. The molecule has 0 saturated heterocycles. The number of aromatic amines is 1. The normalized spacial score (nSPS) is 8.91. The van der Waals surface area contributed by atoms with Gasteiger partial charge in [-0.1, -0.05) is 0 Å². The van der Waals surface area contributed by atoms with Crippen molar-refractivity contribution in [3.63, 3.8) is 0 Å². The van der Waals surface area contributed by atoms with Crippen molar-refractivity contribution < 1.29 is 0 Å². The molecule has 0 radical (unpaired) electrons. The van der Waals surface area contributed by atoms with Crippen LogP contribution in [0.4, 0.5) is 0 Å². The Labute approximate surface area is 71.0 Å². The number of halogens is 1. The topological polar surface area (TPSA) is 58.9 Å². The van der Waals surface area contributed by atoms with Gasteiger partial charge in [0, 0.05) is 18.3 Å². The van der Waals surface area contributed by atoms with Crippen molar-refractivity contribution in [2.45, 2.75) is 13.5 Å². The van der Waals surface area contributed by atoms with Gasteiger partial charge >= 0.3 is 0 Å². The molecule has 0 fully saturated rings. The Balaban J connectivity index is 0.000001000. The fourth-order valence-electron chi connectivity index (χ4n) is 0.872. The second kappa shape index (κ2) is 4.16. The van der Waals surface area contributed by atoms with Crippen LogP contribution in [0.25, 0.3) is 0 Å². The number of nitrogens with two attached hydrogens (primary N) is 1. The van der Waals surface area contributed by atoms with Crippen molar-refractivity contribution in [2.75, 3.05) is 0 Å². The van der Waals surface area contributed by atoms with Crippen LogP contribution in [0.5, 0.6) is 0 Å². The number of hydrogen-bond donors (Lipinski definition) is 2. The third kappa shape index (κ3) is 2.74. The predicted molar refractivity (Wildman–Crippen MR) is 46.9 cm³/mol. The molecule has 0 aliphatic rings. The number of aryl methyl sites for hydroxylation is 1. The molecule has 0 saturated carbocycles. The first-order chi connectivity index (χ1) is 4.72. The molecule has 4 heteroatoms. The van der Waals surface area contributed by atoms with Gasteiger partial charge in [0.1, 0.15) is 0 Å². The SMILES string of the molecule is Cc1cc(CN)cc(=O)[nH]1.Cl. The Kier molecular flexibility index (Phi) is 3.85. The Morgan fingerprint density at radius 1 is 1.55 bits per heavy atom. The Hall–Kier alpha value is -0.800.